The Balaban J connectivity index is 2.22. The van der Waals surface area contributed by atoms with Crippen molar-refractivity contribution >= 4 is 5.69 Å². The summed E-state index contributed by atoms with van der Waals surface area (Å²) >= 11 is 0. The van der Waals surface area contributed by atoms with E-state index in [1.165, 1.54) is 33.5 Å². The van der Waals surface area contributed by atoms with Gasteiger partial charge in [-0.1, -0.05) is 43.3 Å². The van der Waals surface area contributed by atoms with Crippen molar-refractivity contribution in [2.75, 3.05) is 18.5 Å². The lowest BCUT2D eigenvalue weighted by Gasteiger charge is -2.24. The van der Waals surface area contributed by atoms with E-state index in [4.69, 9.17) is 0 Å². The molecule has 0 heterocycles. The van der Waals surface area contributed by atoms with Crippen LogP contribution < -0.4 is 4.90 Å². The second kappa shape index (κ2) is 4.73. The summed E-state index contributed by atoms with van der Waals surface area (Å²) in [6.07, 6.45) is 2.18. The van der Waals surface area contributed by atoms with Crippen molar-refractivity contribution < 1.29 is 0 Å². The Morgan fingerprint density at radius 1 is 1.00 bits per heavy atom. The zero-order valence-electron chi connectivity index (χ0n) is 12.0. The maximum Gasteiger partial charge on any atom is 0.0438 e. The number of aryl methyl sites for hydroxylation is 1. The smallest absolute Gasteiger partial charge is 0.0438 e. The predicted molar refractivity (Wildman–Crippen MR) is 83.0 cm³/mol. The van der Waals surface area contributed by atoms with Crippen molar-refractivity contribution in [2.24, 2.45) is 0 Å². The highest BCUT2D eigenvalue weighted by Gasteiger charge is 2.23. The summed E-state index contributed by atoms with van der Waals surface area (Å²) in [5, 5.41) is 0. The fourth-order valence-electron chi connectivity index (χ4n) is 3.16. The van der Waals surface area contributed by atoms with Gasteiger partial charge in [-0.2, -0.15) is 0 Å². The minimum Gasteiger partial charge on any atom is -0.374 e. The van der Waals surface area contributed by atoms with Gasteiger partial charge in [0.1, 0.15) is 0 Å². The molecule has 0 aliphatic heterocycles. The van der Waals surface area contributed by atoms with Crippen LogP contribution >= 0.6 is 0 Å². The fourth-order valence-corrected chi connectivity index (χ4v) is 3.16. The Kier molecular flexibility index (Phi) is 3.06. The summed E-state index contributed by atoms with van der Waals surface area (Å²) in [7, 11) is 2.21. The molecule has 2 aromatic rings. The van der Waals surface area contributed by atoms with Crippen molar-refractivity contribution in [3.05, 3.63) is 53.1 Å². The van der Waals surface area contributed by atoms with Crippen molar-refractivity contribution in [1.29, 1.82) is 0 Å². The lowest BCUT2D eigenvalue weighted by atomic mass is 9.98. The van der Waals surface area contributed by atoms with Gasteiger partial charge < -0.3 is 4.90 Å². The van der Waals surface area contributed by atoms with Gasteiger partial charge in [0.05, 0.1) is 0 Å². The van der Waals surface area contributed by atoms with E-state index in [1.54, 1.807) is 0 Å². The van der Waals surface area contributed by atoms with Gasteiger partial charge in [0, 0.05) is 25.7 Å². The quantitative estimate of drug-likeness (QED) is 0.671. The molecule has 0 fully saturated rings. The maximum absolute atomic E-state index is 2.39. The van der Waals surface area contributed by atoms with E-state index in [0.29, 0.717) is 0 Å². The number of benzene rings is 2. The van der Waals surface area contributed by atoms with Gasteiger partial charge in [0.15, 0.2) is 0 Å². The summed E-state index contributed by atoms with van der Waals surface area (Å²) in [4.78, 5) is 2.39. The monoisotopic (exact) mass is 251 g/mol. The van der Waals surface area contributed by atoms with Crippen LogP contribution in [0.5, 0.6) is 0 Å². The lowest BCUT2D eigenvalue weighted by Crippen LogP contribution is -2.19. The van der Waals surface area contributed by atoms with Crippen molar-refractivity contribution in [3.63, 3.8) is 0 Å². The molecular weight excluding hydrogens is 230 g/mol. The molecular formula is C18H21N. The van der Waals surface area contributed by atoms with E-state index in [-0.39, 0.29) is 0 Å². The molecule has 0 saturated heterocycles. The highest BCUT2D eigenvalue weighted by molar-refractivity contribution is 5.83. The van der Waals surface area contributed by atoms with Crippen LogP contribution in [0.1, 0.15) is 30.5 Å². The molecule has 19 heavy (non-hydrogen) atoms. The van der Waals surface area contributed by atoms with E-state index >= 15 is 0 Å². The number of nitrogens with zero attached hydrogens (tertiary/aromatic N) is 1. The molecule has 3 rings (SSSR count). The number of rotatable bonds is 3. The summed E-state index contributed by atoms with van der Waals surface area (Å²) in [5.74, 6) is 0. The first-order valence-electron chi connectivity index (χ1n) is 7.20. The highest BCUT2D eigenvalue weighted by atomic mass is 15.1. The van der Waals surface area contributed by atoms with Crippen LogP contribution in [-0.4, -0.2) is 13.6 Å². The number of fused-ring (bicyclic) bond motifs is 3. The summed E-state index contributed by atoms with van der Waals surface area (Å²) < 4.78 is 0. The topological polar surface area (TPSA) is 3.24 Å². The summed E-state index contributed by atoms with van der Waals surface area (Å²) in [6.45, 7) is 5.53. The molecule has 1 aliphatic rings. The Labute approximate surface area is 115 Å². The second-order valence-corrected chi connectivity index (χ2v) is 5.30. The molecule has 0 N–H and O–H groups in total. The van der Waals surface area contributed by atoms with Gasteiger partial charge in [0.2, 0.25) is 0 Å². The molecule has 0 saturated carbocycles. The van der Waals surface area contributed by atoms with Crippen molar-refractivity contribution in [3.8, 4) is 11.1 Å². The standard InChI is InChI=1S/C18H21N/c1-4-13-10-11-16-15-9-7-6-8-14(15)12-17(16)18(13)19(3)5-2/h6-11H,4-5,12H2,1-3H3. The SMILES string of the molecule is CCc1ccc2c(c1N(C)CC)Cc1ccccc1-2. The van der Waals surface area contributed by atoms with E-state index in [0.717, 1.165) is 19.4 Å². The highest BCUT2D eigenvalue weighted by Crippen LogP contribution is 2.42. The zero-order valence-corrected chi connectivity index (χ0v) is 12.0. The molecule has 0 amide bonds. The predicted octanol–water partition coefficient (Wildman–Crippen LogP) is 4.28. The van der Waals surface area contributed by atoms with Crippen LogP contribution in [0.2, 0.25) is 0 Å². The zero-order chi connectivity index (χ0) is 13.4. The van der Waals surface area contributed by atoms with Gasteiger partial charge in [0.25, 0.3) is 0 Å². The van der Waals surface area contributed by atoms with E-state index in [1.807, 2.05) is 0 Å². The van der Waals surface area contributed by atoms with Crippen LogP contribution in [0.25, 0.3) is 11.1 Å². The van der Waals surface area contributed by atoms with Crippen LogP contribution in [0, 0.1) is 0 Å². The number of hydrogen-bond donors (Lipinski definition) is 0. The molecule has 0 atom stereocenters. The third-order valence-corrected chi connectivity index (χ3v) is 4.28. The van der Waals surface area contributed by atoms with Gasteiger partial charge in [-0.25, -0.2) is 0 Å². The molecule has 0 aromatic heterocycles. The molecule has 98 valence electrons. The minimum atomic E-state index is 1.06. The minimum absolute atomic E-state index is 1.06. The molecule has 0 spiro atoms. The van der Waals surface area contributed by atoms with Crippen molar-refractivity contribution in [2.45, 2.75) is 26.7 Å². The Hall–Kier alpha value is -1.76. The molecule has 1 nitrogen and oxygen atoms in total. The number of anilines is 1. The molecule has 1 heteroatoms. The molecule has 0 unspecified atom stereocenters. The van der Waals surface area contributed by atoms with Gasteiger partial charge in [-0.3, -0.25) is 0 Å². The Morgan fingerprint density at radius 2 is 1.79 bits per heavy atom. The Morgan fingerprint density at radius 3 is 2.53 bits per heavy atom. The van der Waals surface area contributed by atoms with Crippen LogP contribution in [0.4, 0.5) is 5.69 Å². The average molecular weight is 251 g/mol. The van der Waals surface area contributed by atoms with Gasteiger partial charge in [-0.05, 0) is 41.2 Å². The first kappa shape index (κ1) is 12.3. The van der Waals surface area contributed by atoms with Gasteiger partial charge >= 0.3 is 0 Å². The van der Waals surface area contributed by atoms with Crippen LogP contribution in [-0.2, 0) is 12.8 Å². The molecule has 2 aromatic carbocycles. The van der Waals surface area contributed by atoms with Crippen molar-refractivity contribution in [1.82, 2.24) is 0 Å². The van der Waals surface area contributed by atoms with Gasteiger partial charge in [-0.15, -0.1) is 0 Å². The summed E-state index contributed by atoms with van der Waals surface area (Å²) in [5.41, 5.74) is 8.77. The summed E-state index contributed by atoms with van der Waals surface area (Å²) in [6, 6.07) is 13.4. The first-order valence-corrected chi connectivity index (χ1v) is 7.20. The second-order valence-electron chi connectivity index (χ2n) is 5.30. The normalized spacial score (nSPS) is 12.2. The lowest BCUT2D eigenvalue weighted by molar-refractivity contribution is 0.937. The van der Waals surface area contributed by atoms with Crippen LogP contribution in [0.3, 0.4) is 0 Å². The molecule has 0 radical (unpaired) electrons. The van der Waals surface area contributed by atoms with E-state index in [2.05, 4.69) is 62.2 Å². The third kappa shape index (κ3) is 1.85. The fraction of sp³-hybridized carbons (Fsp3) is 0.333. The van der Waals surface area contributed by atoms with E-state index < -0.39 is 0 Å². The molecule has 0 bridgehead atoms. The van der Waals surface area contributed by atoms with Crippen LogP contribution in [0.15, 0.2) is 36.4 Å². The maximum atomic E-state index is 2.39. The number of hydrogen-bond acceptors (Lipinski definition) is 1. The third-order valence-electron chi connectivity index (χ3n) is 4.28. The first-order chi connectivity index (χ1) is 9.26. The molecule has 1 aliphatic carbocycles. The Bertz CT molecular complexity index is 613. The largest absolute Gasteiger partial charge is 0.374 e. The average Bonchev–Trinajstić information content (AvgIpc) is 2.83. The van der Waals surface area contributed by atoms with E-state index in [9.17, 15) is 0 Å².